The van der Waals surface area contributed by atoms with Gasteiger partial charge in [-0.3, -0.25) is 14.9 Å². The monoisotopic (exact) mass is 273 g/mol. The van der Waals surface area contributed by atoms with Crippen LogP contribution in [0.25, 0.3) is 0 Å². The minimum absolute atomic E-state index is 0.0571. The number of hydrogen-bond acceptors (Lipinski definition) is 4. The third-order valence-electron chi connectivity index (χ3n) is 2.22. The van der Waals surface area contributed by atoms with Gasteiger partial charge in [0.15, 0.2) is 0 Å². The summed E-state index contributed by atoms with van der Waals surface area (Å²) in [4.78, 5) is 20.9. The van der Waals surface area contributed by atoms with Gasteiger partial charge in [0.05, 0.1) is 17.2 Å². The molecule has 19 heavy (non-hydrogen) atoms. The number of nitrogens with zero attached hydrogens (tertiary/aromatic N) is 1. The van der Waals surface area contributed by atoms with E-state index in [2.05, 4.69) is 10.6 Å². The molecule has 0 fully saturated rings. The summed E-state index contributed by atoms with van der Waals surface area (Å²) in [7, 11) is 0. The molecule has 2 N–H and O–H groups in total. The standard InChI is InChI=1S/C11H13F2N3O3/c1-2-3-14-6-11(17)15-9-5-10(16(18)19)8(13)4-7(9)12/h4-5,14H,2-3,6H2,1H3,(H,15,17). The van der Waals surface area contributed by atoms with Crippen LogP contribution in [0.1, 0.15) is 13.3 Å². The highest BCUT2D eigenvalue weighted by molar-refractivity contribution is 5.92. The summed E-state index contributed by atoms with van der Waals surface area (Å²) in [5, 5.41) is 15.4. The van der Waals surface area contributed by atoms with Crippen molar-refractivity contribution in [2.45, 2.75) is 13.3 Å². The van der Waals surface area contributed by atoms with Crippen molar-refractivity contribution in [3.8, 4) is 0 Å². The third kappa shape index (κ3) is 4.25. The topological polar surface area (TPSA) is 84.3 Å². The minimum atomic E-state index is -1.29. The summed E-state index contributed by atoms with van der Waals surface area (Å²) >= 11 is 0. The molecule has 1 aromatic carbocycles. The molecule has 8 heteroatoms. The molecule has 1 rings (SSSR count). The number of hydrogen-bond donors (Lipinski definition) is 2. The first-order valence-electron chi connectivity index (χ1n) is 5.59. The maximum absolute atomic E-state index is 13.3. The van der Waals surface area contributed by atoms with Crippen molar-refractivity contribution in [3.05, 3.63) is 33.9 Å². The van der Waals surface area contributed by atoms with Crippen LogP contribution >= 0.6 is 0 Å². The van der Waals surface area contributed by atoms with Crippen LogP contribution in [0, 0.1) is 21.7 Å². The second-order valence-electron chi connectivity index (χ2n) is 3.77. The van der Waals surface area contributed by atoms with Gasteiger partial charge in [0.1, 0.15) is 5.82 Å². The fourth-order valence-corrected chi connectivity index (χ4v) is 1.35. The zero-order valence-corrected chi connectivity index (χ0v) is 10.2. The van der Waals surface area contributed by atoms with Crippen molar-refractivity contribution in [1.82, 2.24) is 5.32 Å². The fraction of sp³-hybridized carbons (Fsp3) is 0.364. The number of anilines is 1. The zero-order chi connectivity index (χ0) is 14.4. The number of benzene rings is 1. The van der Waals surface area contributed by atoms with E-state index in [1.807, 2.05) is 6.92 Å². The molecule has 0 aliphatic carbocycles. The van der Waals surface area contributed by atoms with Crippen molar-refractivity contribution in [2.24, 2.45) is 0 Å². The molecule has 0 saturated heterocycles. The fourth-order valence-electron chi connectivity index (χ4n) is 1.35. The zero-order valence-electron chi connectivity index (χ0n) is 10.2. The normalized spacial score (nSPS) is 10.3. The Labute approximate surface area is 108 Å². The van der Waals surface area contributed by atoms with Gasteiger partial charge in [-0.2, -0.15) is 4.39 Å². The van der Waals surface area contributed by atoms with Crippen LogP contribution in [-0.4, -0.2) is 23.9 Å². The number of carbonyl (C=O) groups excluding carboxylic acids is 1. The first kappa shape index (κ1) is 15.0. The molecule has 104 valence electrons. The molecule has 0 radical (unpaired) electrons. The van der Waals surface area contributed by atoms with Gasteiger partial charge < -0.3 is 10.6 Å². The lowest BCUT2D eigenvalue weighted by molar-refractivity contribution is -0.387. The number of nitrogens with one attached hydrogen (secondary N) is 2. The van der Waals surface area contributed by atoms with Crippen molar-refractivity contribution < 1.29 is 18.5 Å². The number of amides is 1. The summed E-state index contributed by atoms with van der Waals surface area (Å²) in [6.45, 7) is 2.46. The van der Waals surface area contributed by atoms with Crippen LogP contribution in [0.3, 0.4) is 0 Å². The lowest BCUT2D eigenvalue weighted by atomic mass is 10.2. The largest absolute Gasteiger partial charge is 0.322 e. The van der Waals surface area contributed by atoms with Crippen molar-refractivity contribution in [1.29, 1.82) is 0 Å². The molecule has 1 aromatic rings. The maximum Gasteiger partial charge on any atom is 0.307 e. The van der Waals surface area contributed by atoms with Crippen LogP contribution in [0.4, 0.5) is 20.2 Å². The molecular formula is C11H13F2N3O3. The Kier molecular flexibility index (Phi) is 5.31. The van der Waals surface area contributed by atoms with Crippen LogP contribution in [0.15, 0.2) is 12.1 Å². The minimum Gasteiger partial charge on any atom is -0.322 e. The van der Waals surface area contributed by atoms with Gasteiger partial charge in [-0.25, -0.2) is 4.39 Å². The van der Waals surface area contributed by atoms with Crippen LogP contribution < -0.4 is 10.6 Å². The molecule has 0 aliphatic heterocycles. The average molecular weight is 273 g/mol. The molecule has 0 aliphatic rings. The van der Waals surface area contributed by atoms with Crippen molar-refractivity contribution in [2.75, 3.05) is 18.4 Å². The molecule has 0 unspecified atom stereocenters. The highest BCUT2D eigenvalue weighted by atomic mass is 19.1. The van der Waals surface area contributed by atoms with Gasteiger partial charge >= 0.3 is 5.69 Å². The Morgan fingerprint density at radius 3 is 2.63 bits per heavy atom. The Hall–Kier alpha value is -2.09. The number of carbonyl (C=O) groups is 1. The molecule has 6 nitrogen and oxygen atoms in total. The Morgan fingerprint density at radius 1 is 1.37 bits per heavy atom. The highest BCUT2D eigenvalue weighted by Gasteiger charge is 2.19. The van der Waals surface area contributed by atoms with E-state index in [9.17, 15) is 23.7 Å². The van der Waals surface area contributed by atoms with E-state index in [4.69, 9.17) is 0 Å². The summed E-state index contributed by atoms with van der Waals surface area (Å²) in [6.07, 6.45) is 0.823. The average Bonchev–Trinajstić information content (AvgIpc) is 2.32. The van der Waals surface area contributed by atoms with Crippen LogP contribution in [0.5, 0.6) is 0 Å². The lowest BCUT2D eigenvalue weighted by Crippen LogP contribution is -2.28. The summed E-state index contributed by atoms with van der Waals surface area (Å²) < 4.78 is 26.4. The molecule has 0 spiro atoms. The molecule has 0 bridgehead atoms. The van der Waals surface area contributed by atoms with Crippen molar-refractivity contribution in [3.63, 3.8) is 0 Å². The summed E-state index contributed by atoms with van der Waals surface area (Å²) in [5.74, 6) is -2.91. The van der Waals surface area contributed by atoms with Gasteiger partial charge in [0.25, 0.3) is 0 Å². The molecule has 0 atom stereocenters. The van der Waals surface area contributed by atoms with E-state index >= 15 is 0 Å². The Balaban J connectivity index is 2.80. The smallest absolute Gasteiger partial charge is 0.307 e. The second kappa shape index (κ2) is 6.74. The van der Waals surface area contributed by atoms with Gasteiger partial charge in [-0.1, -0.05) is 6.92 Å². The second-order valence-corrected chi connectivity index (χ2v) is 3.77. The van der Waals surface area contributed by atoms with Gasteiger partial charge in [-0.05, 0) is 13.0 Å². The van der Waals surface area contributed by atoms with Gasteiger partial charge in [0, 0.05) is 12.1 Å². The van der Waals surface area contributed by atoms with E-state index in [1.54, 1.807) is 0 Å². The molecule has 0 saturated carbocycles. The molecule has 1 amide bonds. The van der Waals surface area contributed by atoms with E-state index in [0.717, 1.165) is 6.42 Å². The highest BCUT2D eigenvalue weighted by Crippen LogP contribution is 2.24. The quantitative estimate of drug-likeness (QED) is 0.470. The number of nitro benzene ring substituents is 1. The SMILES string of the molecule is CCCNCC(=O)Nc1cc([N+](=O)[O-])c(F)cc1F. The van der Waals surface area contributed by atoms with E-state index < -0.39 is 33.8 Å². The number of nitro groups is 1. The van der Waals surface area contributed by atoms with Gasteiger partial charge in [0.2, 0.25) is 11.7 Å². The third-order valence-corrected chi connectivity index (χ3v) is 2.22. The number of halogens is 2. The predicted molar refractivity (Wildman–Crippen MR) is 64.8 cm³/mol. The van der Waals surface area contributed by atoms with E-state index in [-0.39, 0.29) is 6.54 Å². The predicted octanol–water partition coefficient (Wildman–Crippen LogP) is 1.81. The van der Waals surface area contributed by atoms with E-state index in [0.29, 0.717) is 18.7 Å². The first-order valence-corrected chi connectivity index (χ1v) is 5.59. The summed E-state index contributed by atoms with van der Waals surface area (Å²) in [6, 6.07) is 1.02. The van der Waals surface area contributed by atoms with Crippen LogP contribution in [0.2, 0.25) is 0 Å². The maximum atomic E-state index is 13.3. The van der Waals surface area contributed by atoms with Gasteiger partial charge in [-0.15, -0.1) is 0 Å². The van der Waals surface area contributed by atoms with Crippen molar-refractivity contribution >= 4 is 17.3 Å². The lowest BCUT2D eigenvalue weighted by Gasteiger charge is -2.07. The van der Waals surface area contributed by atoms with E-state index in [1.165, 1.54) is 0 Å². The Bertz CT molecular complexity index is 494. The summed E-state index contributed by atoms with van der Waals surface area (Å²) in [5.41, 5.74) is -1.31. The number of rotatable bonds is 6. The Morgan fingerprint density at radius 2 is 2.05 bits per heavy atom. The molecule has 0 heterocycles. The molecular weight excluding hydrogens is 260 g/mol. The first-order chi connectivity index (χ1) is 8.95. The van der Waals surface area contributed by atoms with Crippen LogP contribution in [-0.2, 0) is 4.79 Å². The molecule has 0 aromatic heterocycles.